The van der Waals surface area contributed by atoms with Crippen molar-refractivity contribution >= 4 is 21.6 Å². The summed E-state index contributed by atoms with van der Waals surface area (Å²) in [5.74, 6) is 0. The van der Waals surface area contributed by atoms with Gasteiger partial charge in [-0.3, -0.25) is 0 Å². The van der Waals surface area contributed by atoms with Crippen LogP contribution in [0.25, 0.3) is 0 Å². The smallest absolute Gasteiger partial charge is 0.0638 e. The standard InChI is InChI=1S/C14H18BrN3/c1-11-3-4-14(13(15)9-11)18-8-2-7-17-12(10-18)5-6-16/h3-4,9,12,17H,2,5,7-8,10H2,1H3. The van der Waals surface area contributed by atoms with Crippen molar-refractivity contribution in [3.8, 4) is 6.07 Å². The van der Waals surface area contributed by atoms with E-state index in [0.717, 1.165) is 30.5 Å². The fourth-order valence-corrected chi connectivity index (χ4v) is 3.08. The van der Waals surface area contributed by atoms with E-state index in [0.29, 0.717) is 6.42 Å². The number of anilines is 1. The van der Waals surface area contributed by atoms with Crippen molar-refractivity contribution in [3.05, 3.63) is 28.2 Å². The molecule has 2 rings (SSSR count). The van der Waals surface area contributed by atoms with Crippen LogP contribution in [-0.2, 0) is 0 Å². The first-order valence-electron chi connectivity index (χ1n) is 6.32. The third kappa shape index (κ3) is 3.24. The number of nitriles is 1. The Morgan fingerprint density at radius 2 is 2.39 bits per heavy atom. The van der Waals surface area contributed by atoms with Crippen molar-refractivity contribution in [3.63, 3.8) is 0 Å². The predicted molar refractivity (Wildman–Crippen MR) is 77.7 cm³/mol. The molecule has 0 aliphatic carbocycles. The van der Waals surface area contributed by atoms with Crippen LogP contribution in [0, 0.1) is 18.3 Å². The first-order valence-corrected chi connectivity index (χ1v) is 7.11. The van der Waals surface area contributed by atoms with Gasteiger partial charge in [-0.25, -0.2) is 0 Å². The highest BCUT2D eigenvalue weighted by Crippen LogP contribution is 2.28. The molecule has 0 aromatic heterocycles. The van der Waals surface area contributed by atoms with Crippen LogP contribution in [0.15, 0.2) is 22.7 Å². The summed E-state index contributed by atoms with van der Waals surface area (Å²) in [7, 11) is 0. The number of nitrogens with zero attached hydrogens (tertiary/aromatic N) is 2. The summed E-state index contributed by atoms with van der Waals surface area (Å²) in [4.78, 5) is 2.37. The summed E-state index contributed by atoms with van der Waals surface area (Å²) in [6.45, 7) is 5.02. The van der Waals surface area contributed by atoms with Crippen molar-refractivity contribution in [2.45, 2.75) is 25.8 Å². The minimum atomic E-state index is 0.269. The zero-order chi connectivity index (χ0) is 13.0. The Labute approximate surface area is 117 Å². The van der Waals surface area contributed by atoms with Gasteiger partial charge in [-0.1, -0.05) is 6.07 Å². The van der Waals surface area contributed by atoms with Crippen molar-refractivity contribution in [1.29, 1.82) is 5.26 Å². The number of rotatable bonds is 2. The molecular weight excluding hydrogens is 290 g/mol. The first kappa shape index (κ1) is 13.4. The number of hydrogen-bond acceptors (Lipinski definition) is 3. The normalized spacial score (nSPS) is 20.3. The minimum absolute atomic E-state index is 0.269. The van der Waals surface area contributed by atoms with Gasteiger partial charge in [0, 0.05) is 23.6 Å². The fourth-order valence-electron chi connectivity index (χ4n) is 2.33. The van der Waals surface area contributed by atoms with Crippen LogP contribution in [0.3, 0.4) is 0 Å². The lowest BCUT2D eigenvalue weighted by Gasteiger charge is -2.26. The van der Waals surface area contributed by atoms with Crippen LogP contribution in [-0.4, -0.2) is 25.7 Å². The maximum Gasteiger partial charge on any atom is 0.0638 e. The van der Waals surface area contributed by atoms with Gasteiger partial charge in [-0.2, -0.15) is 5.26 Å². The Kier molecular flexibility index (Phi) is 4.62. The molecule has 4 heteroatoms. The highest BCUT2D eigenvalue weighted by molar-refractivity contribution is 9.10. The fraction of sp³-hybridized carbons (Fsp3) is 0.500. The van der Waals surface area contributed by atoms with E-state index in [1.165, 1.54) is 11.3 Å². The molecule has 1 aliphatic rings. The van der Waals surface area contributed by atoms with Crippen molar-refractivity contribution in [2.75, 3.05) is 24.5 Å². The molecule has 1 atom stereocenters. The van der Waals surface area contributed by atoms with Crippen molar-refractivity contribution < 1.29 is 0 Å². The lowest BCUT2D eigenvalue weighted by Crippen LogP contribution is -2.37. The molecule has 0 radical (unpaired) electrons. The largest absolute Gasteiger partial charge is 0.369 e. The molecule has 1 N–H and O–H groups in total. The number of aryl methyl sites for hydroxylation is 1. The molecule has 0 saturated carbocycles. The Bertz CT molecular complexity index is 453. The average molecular weight is 308 g/mol. The Hall–Kier alpha value is -1.05. The average Bonchev–Trinajstić information content (AvgIpc) is 2.55. The van der Waals surface area contributed by atoms with E-state index >= 15 is 0 Å². The molecule has 3 nitrogen and oxygen atoms in total. The van der Waals surface area contributed by atoms with Crippen LogP contribution in [0.1, 0.15) is 18.4 Å². The summed E-state index contributed by atoms with van der Waals surface area (Å²) < 4.78 is 1.14. The first-order chi connectivity index (χ1) is 8.70. The SMILES string of the molecule is Cc1ccc(N2CCCNC(CC#N)C2)c(Br)c1. The minimum Gasteiger partial charge on any atom is -0.369 e. The summed E-state index contributed by atoms with van der Waals surface area (Å²) in [5.41, 5.74) is 2.49. The molecule has 1 aliphatic heterocycles. The van der Waals surface area contributed by atoms with Gasteiger partial charge >= 0.3 is 0 Å². The Morgan fingerprint density at radius 3 is 3.11 bits per heavy atom. The molecule has 1 saturated heterocycles. The molecular formula is C14H18BrN3. The van der Waals surface area contributed by atoms with Gasteiger partial charge in [0.25, 0.3) is 0 Å². The van der Waals surface area contributed by atoms with Gasteiger partial charge in [0.15, 0.2) is 0 Å². The van der Waals surface area contributed by atoms with Crippen LogP contribution in [0.2, 0.25) is 0 Å². The van der Waals surface area contributed by atoms with Gasteiger partial charge in [-0.05, 0) is 53.5 Å². The van der Waals surface area contributed by atoms with Gasteiger partial charge in [-0.15, -0.1) is 0 Å². The van der Waals surface area contributed by atoms with E-state index in [2.05, 4.69) is 57.3 Å². The predicted octanol–water partition coefficient (Wildman–Crippen LogP) is 2.84. The monoisotopic (exact) mass is 307 g/mol. The third-order valence-electron chi connectivity index (χ3n) is 3.26. The second-order valence-corrected chi connectivity index (χ2v) is 5.62. The number of benzene rings is 1. The van der Waals surface area contributed by atoms with Gasteiger partial charge < -0.3 is 10.2 Å². The highest BCUT2D eigenvalue weighted by atomic mass is 79.9. The molecule has 1 heterocycles. The van der Waals surface area contributed by atoms with E-state index in [9.17, 15) is 0 Å². The zero-order valence-electron chi connectivity index (χ0n) is 10.6. The number of halogens is 1. The third-order valence-corrected chi connectivity index (χ3v) is 3.90. The van der Waals surface area contributed by atoms with Crippen molar-refractivity contribution in [1.82, 2.24) is 5.32 Å². The van der Waals surface area contributed by atoms with Gasteiger partial charge in [0.2, 0.25) is 0 Å². The second kappa shape index (κ2) is 6.21. The number of hydrogen-bond donors (Lipinski definition) is 1. The molecule has 0 amide bonds. The summed E-state index contributed by atoms with van der Waals surface area (Å²) in [6, 6.07) is 8.97. The highest BCUT2D eigenvalue weighted by Gasteiger charge is 2.19. The maximum atomic E-state index is 8.84. The Balaban J connectivity index is 2.17. The van der Waals surface area contributed by atoms with E-state index in [1.807, 2.05) is 0 Å². The van der Waals surface area contributed by atoms with Crippen molar-refractivity contribution in [2.24, 2.45) is 0 Å². The van der Waals surface area contributed by atoms with E-state index in [1.54, 1.807) is 0 Å². The van der Waals surface area contributed by atoms with Crippen LogP contribution in [0.4, 0.5) is 5.69 Å². The number of nitrogens with one attached hydrogen (secondary N) is 1. The lowest BCUT2D eigenvalue weighted by molar-refractivity contribution is 0.552. The molecule has 1 fully saturated rings. The van der Waals surface area contributed by atoms with E-state index in [4.69, 9.17) is 5.26 Å². The Morgan fingerprint density at radius 1 is 1.56 bits per heavy atom. The zero-order valence-corrected chi connectivity index (χ0v) is 12.2. The maximum absolute atomic E-state index is 8.84. The molecule has 96 valence electrons. The molecule has 1 aromatic rings. The van der Waals surface area contributed by atoms with Crippen LogP contribution >= 0.6 is 15.9 Å². The molecule has 1 unspecified atom stereocenters. The molecule has 0 bridgehead atoms. The summed E-state index contributed by atoms with van der Waals surface area (Å²) in [6.07, 6.45) is 1.68. The topological polar surface area (TPSA) is 39.1 Å². The van der Waals surface area contributed by atoms with Gasteiger partial charge in [0.05, 0.1) is 18.2 Å². The van der Waals surface area contributed by atoms with E-state index < -0.39 is 0 Å². The molecule has 18 heavy (non-hydrogen) atoms. The van der Waals surface area contributed by atoms with Gasteiger partial charge in [0.1, 0.15) is 0 Å². The molecule has 1 aromatic carbocycles. The van der Waals surface area contributed by atoms with Crippen LogP contribution < -0.4 is 10.2 Å². The quantitative estimate of drug-likeness (QED) is 0.913. The molecule has 0 spiro atoms. The summed E-state index contributed by atoms with van der Waals surface area (Å²) >= 11 is 3.64. The summed E-state index contributed by atoms with van der Waals surface area (Å²) in [5, 5.41) is 12.3. The lowest BCUT2D eigenvalue weighted by atomic mass is 10.1. The van der Waals surface area contributed by atoms with E-state index in [-0.39, 0.29) is 6.04 Å². The van der Waals surface area contributed by atoms with Crippen LogP contribution in [0.5, 0.6) is 0 Å². The second-order valence-electron chi connectivity index (χ2n) is 4.77.